The summed E-state index contributed by atoms with van der Waals surface area (Å²) in [7, 11) is 0. The van der Waals surface area contributed by atoms with Crippen LogP contribution in [0.2, 0.25) is 0 Å². The van der Waals surface area contributed by atoms with E-state index in [0.29, 0.717) is 13.0 Å². The molecule has 0 heterocycles. The molecule has 0 bridgehead atoms. The molecule has 0 fully saturated rings. The minimum Gasteiger partial charge on any atom is -0.466 e. The van der Waals surface area contributed by atoms with Gasteiger partial charge < -0.3 is 9.84 Å². The summed E-state index contributed by atoms with van der Waals surface area (Å²) in [5.41, 5.74) is 0. The average molecular weight is 216 g/mol. The largest absolute Gasteiger partial charge is 0.466 e. The highest BCUT2D eigenvalue weighted by atomic mass is 16.5. The maximum atomic E-state index is 11.3. The molecule has 0 aliphatic rings. The molecule has 0 amide bonds. The molecule has 3 nitrogen and oxygen atoms in total. The Hall–Kier alpha value is -0.570. The summed E-state index contributed by atoms with van der Waals surface area (Å²) in [6.07, 6.45) is 4.22. The smallest absolute Gasteiger partial charge is 0.306 e. The lowest BCUT2D eigenvalue weighted by molar-refractivity contribution is -0.145. The van der Waals surface area contributed by atoms with E-state index in [2.05, 4.69) is 6.92 Å². The fraction of sp³-hybridized carbons (Fsp3) is 0.917. The summed E-state index contributed by atoms with van der Waals surface area (Å²) in [6, 6.07) is 0. The second kappa shape index (κ2) is 8.72. The predicted octanol–water partition coefficient (Wildman–Crippen LogP) is 2.52. The molecule has 0 saturated carbocycles. The molecule has 0 saturated heterocycles. The van der Waals surface area contributed by atoms with Crippen molar-refractivity contribution in [1.29, 1.82) is 0 Å². The fourth-order valence-corrected chi connectivity index (χ4v) is 1.60. The Morgan fingerprint density at radius 3 is 2.47 bits per heavy atom. The Morgan fingerprint density at radius 1 is 1.33 bits per heavy atom. The van der Waals surface area contributed by atoms with E-state index in [1.165, 1.54) is 0 Å². The number of hydrogen-bond donors (Lipinski definition) is 1. The van der Waals surface area contributed by atoms with Crippen LogP contribution in [0.15, 0.2) is 0 Å². The number of ether oxygens (including phenoxy) is 1. The van der Waals surface area contributed by atoms with Crippen LogP contribution in [0.5, 0.6) is 0 Å². The zero-order valence-electron chi connectivity index (χ0n) is 10.2. The number of rotatable bonds is 8. The van der Waals surface area contributed by atoms with Crippen LogP contribution >= 0.6 is 0 Å². The molecule has 0 aromatic carbocycles. The van der Waals surface area contributed by atoms with E-state index in [4.69, 9.17) is 4.74 Å². The molecule has 0 spiro atoms. The molecule has 2 atom stereocenters. The van der Waals surface area contributed by atoms with Crippen LogP contribution in [0.3, 0.4) is 0 Å². The topological polar surface area (TPSA) is 46.5 Å². The number of aliphatic hydroxyl groups excluding tert-OH is 1. The molecule has 1 N–H and O–H groups in total. The van der Waals surface area contributed by atoms with Gasteiger partial charge in [0.05, 0.1) is 19.1 Å². The van der Waals surface area contributed by atoms with Crippen molar-refractivity contribution < 1.29 is 14.6 Å². The van der Waals surface area contributed by atoms with E-state index in [-0.39, 0.29) is 11.9 Å². The van der Waals surface area contributed by atoms with Crippen LogP contribution in [0, 0.1) is 5.92 Å². The Morgan fingerprint density at radius 2 is 2.00 bits per heavy atom. The van der Waals surface area contributed by atoms with E-state index < -0.39 is 6.10 Å². The molecule has 2 unspecified atom stereocenters. The summed E-state index contributed by atoms with van der Waals surface area (Å²) >= 11 is 0. The van der Waals surface area contributed by atoms with Gasteiger partial charge in [0.2, 0.25) is 0 Å². The molecular weight excluding hydrogens is 192 g/mol. The molecule has 3 heteroatoms. The van der Waals surface area contributed by atoms with Crippen molar-refractivity contribution in [2.24, 2.45) is 5.92 Å². The van der Waals surface area contributed by atoms with Crippen molar-refractivity contribution >= 4 is 5.97 Å². The van der Waals surface area contributed by atoms with Crippen molar-refractivity contribution in [1.82, 2.24) is 0 Å². The van der Waals surface area contributed by atoms with Crippen molar-refractivity contribution in [2.45, 2.75) is 59.0 Å². The first kappa shape index (κ1) is 14.4. The van der Waals surface area contributed by atoms with Crippen molar-refractivity contribution in [3.05, 3.63) is 0 Å². The molecule has 15 heavy (non-hydrogen) atoms. The zero-order valence-corrected chi connectivity index (χ0v) is 10.2. The SMILES string of the molecule is CCCCCC(CC(=O)OCC)C(C)O. The summed E-state index contributed by atoms with van der Waals surface area (Å²) < 4.78 is 4.88. The lowest BCUT2D eigenvalue weighted by Gasteiger charge is -2.18. The van der Waals surface area contributed by atoms with E-state index in [1.54, 1.807) is 13.8 Å². The van der Waals surface area contributed by atoms with Crippen LogP contribution in [0.1, 0.15) is 52.9 Å². The fourth-order valence-electron chi connectivity index (χ4n) is 1.60. The quantitative estimate of drug-likeness (QED) is 0.501. The van der Waals surface area contributed by atoms with Crippen molar-refractivity contribution in [3.63, 3.8) is 0 Å². The normalized spacial score (nSPS) is 14.7. The van der Waals surface area contributed by atoms with E-state index >= 15 is 0 Å². The minimum atomic E-state index is -0.425. The summed E-state index contributed by atoms with van der Waals surface area (Å²) in [6.45, 7) is 6.10. The standard InChI is InChI=1S/C12H24O3/c1-4-6-7-8-11(10(3)13)9-12(14)15-5-2/h10-11,13H,4-9H2,1-3H3. The third-order valence-corrected chi connectivity index (χ3v) is 2.59. The zero-order chi connectivity index (χ0) is 11.7. The first-order chi connectivity index (χ1) is 7.11. The third-order valence-electron chi connectivity index (χ3n) is 2.59. The molecule has 0 rings (SSSR count). The van der Waals surface area contributed by atoms with Gasteiger partial charge >= 0.3 is 5.97 Å². The first-order valence-corrected chi connectivity index (χ1v) is 5.95. The van der Waals surface area contributed by atoms with Gasteiger partial charge in [-0.3, -0.25) is 4.79 Å². The highest BCUT2D eigenvalue weighted by Gasteiger charge is 2.18. The Balaban J connectivity index is 3.87. The summed E-state index contributed by atoms with van der Waals surface area (Å²) in [4.78, 5) is 11.3. The minimum absolute atomic E-state index is 0.0515. The summed E-state index contributed by atoms with van der Waals surface area (Å²) in [5.74, 6) is -0.143. The van der Waals surface area contributed by atoms with E-state index in [1.807, 2.05) is 0 Å². The van der Waals surface area contributed by atoms with E-state index in [0.717, 1.165) is 25.7 Å². The van der Waals surface area contributed by atoms with Gasteiger partial charge in [0.15, 0.2) is 0 Å². The van der Waals surface area contributed by atoms with Crippen LogP contribution in [-0.2, 0) is 9.53 Å². The van der Waals surface area contributed by atoms with Crippen LogP contribution in [0.4, 0.5) is 0 Å². The van der Waals surface area contributed by atoms with Crippen LogP contribution in [0.25, 0.3) is 0 Å². The Labute approximate surface area is 92.8 Å². The second-order valence-corrected chi connectivity index (χ2v) is 4.01. The number of esters is 1. The van der Waals surface area contributed by atoms with Gasteiger partial charge in [0.1, 0.15) is 0 Å². The van der Waals surface area contributed by atoms with Gasteiger partial charge in [-0.1, -0.05) is 26.2 Å². The Kier molecular flexibility index (Phi) is 8.38. The van der Waals surface area contributed by atoms with Gasteiger partial charge in [-0.05, 0) is 26.2 Å². The molecular formula is C12H24O3. The second-order valence-electron chi connectivity index (χ2n) is 4.01. The summed E-state index contributed by atoms with van der Waals surface area (Å²) in [5, 5.41) is 9.52. The van der Waals surface area contributed by atoms with Gasteiger partial charge in [0.25, 0.3) is 0 Å². The first-order valence-electron chi connectivity index (χ1n) is 5.95. The number of hydrogen-bond acceptors (Lipinski definition) is 3. The molecule has 0 aromatic rings. The highest BCUT2D eigenvalue weighted by Crippen LogP contribution is 2.18. The maximum Gasteiger partial charge on any atom is 0.306 e. The molecule has 0 radical (unpaired) electrons. The van der Waals surface area contributed by atoms with Crippen LogP contribution < -0.4 is 0 Å². The predicted molar refractivity (Wildman–Crippen MR) is 60.6 cm³/mol. The Bertz CT molecular complexity index is 166. The molecule has 0 aromatic heterocycles. The van der Waals surface area contributed by atoms with Crippen molar-refractivity contribution in [2.75, 3.05) is 6.61 Å². The van der Waals surface area contributed by atoms with Gasteiger partial charge in [-0.15, -0.1) is 0 Å². The molecule has 90 valence electrons. The maximum absolute atomic E-state index is 11.3. The lowest BCUT2D eigenvalue weighted by Crippen LogP contribution is -2.21. The van der Waals surface area contributed by atoms with E-state index in [9.17, 15) is 9.90 Å². The van der Waals surface area contributed by atoms with Gasteiger partial charge in [-0.25, -0.2) is 0 Å². The molecule has 0 aliphatic carbocycles. The van der Waals surface area contributed by atoms with Gasteiger partial charge in [0, 0.05) is 0 Å². The van der Waals surface area contributed by atoms with Gasteiger partial charge in [-0.2, -0.15) is 0 Å². The number of carbonyl (C=O) groups excluding carboxylic acids is 1. The third kappa shape index (κ3) is 7.37. The average Bonchev–Trinajstić information content (AvgIpc) is 2.16. The number of unbranched alkanes of at least 4 members (excludes halogenated alkanes) is 2. The number of aliphatic hydroxyl groups is 1. The monoisotopic (exact) mass is 216 g/mol. The lowest BCUT2D eigenvalue weighted by atomic mass is 9.93. The highest BCUT2D eigenvalue weighted by molar-refractivity contribution is 5.69. The van der Waals surface area contributed by atoms with Crippen molar-refractivity contribution in [3.8, 4) is 0 Å². The molecule has 0 aliphatic heterocycles. The number of carbonyl (C=O) groups is 1. The van der Waals surface area contributed by atoms with Crippen LogP contribution in [-0.4, -0.2) is 23.8 Å².